The normalized spacial score (nSPS) is 21.5. The number of ketones is 1. The van der Waals surface area contributed by atoms with Crippen LogP contribution in [0, 0.1) is 6.92 Å². The fourth-order valence-electron chi connectivity index (χ4n) is 4.51. The second kappa shape index (κ2) is 7.74. The van der Waals surface area contributed by atoms with E-state index in [2.05, 4.69) is 11.4 Å². The third-order valence-corrected chi connectivity index (χ3v) is 5.86. The van der Waals surface area contributed by atoms with E-state index >= 15 is 0 Å². The highest BCUT2D eigenvalue weighted by Gasteiger charge is 2.38. The molecule has 0 bridgehead atoms. The lowest BCUT2D eigenvalue weighted by Gasteiger charge is -2.35. The molecule has 0 radical (unpaired) electrons. The Morgan fingerprint density at radius 3 is 2.52 bits per heavy atom. The molecule has 2 aromatic rings. The second-order valence-electron chi connectivity index (χ2n) is 7.75. The maximum absolute atomic E-state index is 13.3. The monoisotopic (exact) mass is 391 g/mol. The zero-order chi connectivity index (χ0) is 20.5. The number of rotatable bonds is 4. The number of benzene rings is 2. The number of carbonyl (C=O) groups is 2. The maximum Gasteiger partial charge on any atom is 0.225 e. The third-order valence-electron chi connectivity index (χ3n) is 5.86. The number of Topliss-reactive ketones (excluding diaryl/α,β-unsaturated/α-hetero) is 1. The number of methoxy groups -OCH3 is 2. The third kappa shape index (κ3) is 3.65. The highest BCUT2D eigenvalue weighted by atomic mass is 16.5. The molecule has 29 heavy (non-hydrogen) atoms. The van der Waals surface area contributed by atoms with E-state index in [0.717, 1.165) is 39.5 Å². The average molecular weight is 391 g/mol. The Labute approximate surface area is 170 Å². The Balaban J connectivity index is 1.74. The zero-order valence-corrected chi connectivity index (χ0v) is 17.0. The van der Waals surface area contributed by atoms with Gasteiger partial charge in [0.25, 0.3) is 0 Å². The van der Waals surface area contributed by atoms with E-state index < -0.39 is 0 Å². The van der Waals surface area contributed by atoms with Crippen molar-refractivity contribution in [2.24, 2.45) is 0 Å². The first kappa shape index (κ1) is 19.2. The van der Waals surface area contributed by atoms with Gasteiger partial charge in [0.05, 0.1) is 14.2 Å². The standard InChI is InChI=1S/C24H25NO4/c1-14-5-4-6-15(9-14)19-13-23(27)25-20-10-16(11-21(26)24(19)20)18-12-17(28-2)7-8-22(18)29-3/h4-9,12,16,19H,10-11,13H2,1-3H3,(H,25,27)/t16-,19-/m0/s1. The molecule has 0 unspecified atom stereocenters. The van der Waals surface area contributed by atoms with Gasteiger partial charge in [-0.15, -0.1) is 0 Å². The number of allylic oxidation sites excluding steroid dienone is 2. The summed E-state index contributed by atoms with van der Waals surface area (Å²) in [7, 11) is 3.24. The van der Waals surface area contributed by atoms with Crippen molar-refractivity contribution >= 4 is 11.7 Å². The number of aryl methyl sites for hydroxylation is 1. The van der Waals surface area contributed by atoms with Gasteiger partial charge >= 0.3 is 0 Å². The number of carbonyl (C=O) groups excluding carboxylic acids is 2. The minimum atomic E-state index is -0.181. The van der Waals surface area contributed by atoms with Crippen LogP contribution in [0.3, 0.4) is 0 Å². The SMILES string of the molecule is COc1ccc(OC)c([C@@H]2CC(=O)C3=C(C2)NC(=O)C[C@H]3c2cccc(C)c2)c1. The van der Waals surface area contributed by atoms with Crippen LogP contribution in [0.15, 0.2) is 53.7 Å². The molecule has 1 amide bonds. The lowest BCUT2D eigenvalue weighted by molar-refractivity contribution is -0.122. The van der Waals surface area contributed by atoms with Crippen molar-refractivity contribution < 1.29 is 19.1 Å². The number of hydrogen-bond donors (Lipinski definition) is 1. The highest BCUT2D eigenvalue weighted by Crippen LogP contribution is 2.45. The van der Waals surface area contributed by atoms with Crippen LogP contribution in [-0.2, 0) is 9.59 Å². The van der Waals surface area contributed by atoms with Crippen molar-refractivity contribution in [3.63, 3.8) is 0 Å². The topological polar surface area (TPSA) is 64.6 Å². The van der Waals surface area contributed by atoms with Gasteiger partial charge in [-0.25, -0.2) is 0 Å². The molecule has 5 nitrogen and oxygen atoms in total. The van der Waals surface area contributed by atoms with Gasteiger partial charge in [-0.2, -0.15) is 0 Å². The fourth-order valence-corrected chi connectivity index (χ4v) is 4.51. The van der Waals surface area contributed by atoms with Crippen LogP contribution in [0.5, 0.6) is 11.5 Å². The predicted molar refractivity (Wildman–Crippen MR) is 110 cm³/mol. The minimum absolute atomic E-state index is 0.0405. The molecule has 1 heterocycles. The summed E-state index contributed by atoms with van der Waals surface area (Å²) in [5.74, 6) is 1.25. The zero-order valence-electron chi connectivity index (χ0n) is 17.0. The quantitative estimate of drug-likeness (QED) is 0.855. The van der Waals surface area contributed by atoms with Gasteiger partial charge in [0.15, 0.2) is 5.78 Å². The Morgan fingerprint density at radius 2 is 1.79 bits per heavy atom. The van der Waals surface area contributed by atoms with Crippen LogP contribution in [-0.4, -0.2) is 25.9 Å². The van der Waals surface area contributed by atoms with E-state index in [1.807, 2.05) is 43.3 Å². The Kier molecular flexibility index (Phi) is 5.14. The summed E-state index contributed by atoms with van der Waals surface area (Å²) in [5, 5.41) is 2.98. The molecular formula is C24H25NO4. The molecule has 5 heteroatoms. The molecule has 2 aromatic carbocycles. The van der Waals surface area contributed by atoms with Gasteiger partial charge in [0.2, 0.25) is 5.91 Å². The maximum atomic E-state index is 13.3. The van der Waals surface area contributed by atoms with E-state index in [-0.39, 0.29) is 23.5 Å². The van der Waals surface area contributed by atoms with Crippen molar-refractivity contribution in [1.29, 1.82) is 0 Å². The Morgan fingerprint density at radius 1 is 0.966 bits per heavy atom. The molecule has 4 rings (SSSR count). The van der Waals surface area contributed by atoms with Crippen LogP contribution in [0.25, 0.3) is 0 Å². The molecule has 1 aliphatic carbocycles. The summed E-state index contributed by atoms with van der Waals surface area (Å²) >= 11 is 0. The first-order valence-electron chi connectivity index (χ1n) is 9.84. The summed E-state index contributed by atoms with van der Waals surface area (Å²) in [6.07, 6.45) is 1.29. The van der Waals surface area contributed by atoms with Crippen molar-refractivity contribution in [1.82, 2.24) is 5.32 Å². The van der Waals surface area contributed by atoms with Crippen LogP contribution in [0.4, 0.5) is 0 Å². The number of amides is 1. The molecule has 2 aliphatic rings. The molecule has 0 saturated carbocycles. The van der Waals surface area contributed by atoms with E-state index in [9.17, 15) is 9.59 Å². The molecule has 2 atom stereocenters. The van der Waals surface area contributed by atoms with Gasteiger partial charge in [0.1, 0.15) is 11.5 Å². The molecular weight excluding hydrogens is 366 g/mol. The summed E-state index contributed by atoms with van der Waals surface area (Å²) in [5.41, 5.74) is 4.59. The first-order valence-corrected chi connectivity index (χ1v) is 9.84. The first-order chi connectivity index (χ1) is 14.0. The number of hydrogen-bond acceptors (Lipinski definition) is 4. The molecule has 0 fully saturated rings. The van der Waals surface area contributed by atoms with Crippen molar-refractivity contribution in [2.75, 3.05) is 14.2 Å². The van der Waals surface area contributed by atoms with Crippen LogP contribution < -0.4 is 14.8 Å². The van der Waals surface area contributed by atoms with Gasteiger partial charge in [-0.3, -0.25) is 9.59 Å². The molecule has 1 aliphatic heterocycles. The summed E-state index contributed by atoms with van der Waals surface area (Å²) in [6.45, 7) is 2.02. The smallest absolute Gasteiger partial charge is 0.225 e. The van der Waals surface area contributed by atoms with Gasteiger partial charge in [-0.1, -0.05) is 29.8 Å². The van der Waals surface area contributed by atoms with Crippen LogP contribution >= 0.6 is 0 Å². The lowest BCUT2D eigenvalue weighted by Crippen LogP contribution is -2.38. The Bertz CT molecular complexity index is 1010. The lowest BCUT2D eigenvalue weighted by atomic mass is 9.73. The predicted octanol–water partition coefficient (Wildman–Crippen LogP) is 4.02. The van der Waals surface area contributed by atoms with Gasteiger partial charge in [0, 0.05) is 41.5 Å². The largest absolute Gasteiger partial charge is 0.497 e. The van der Waals surface area contributed by atoms with Crippen LogP contribution in [0.2, 0.25) is 0 Å². The molecule has 0 saturated heterocycles. The van der Waals surface area contributed by atoms with Crippen molar-refractivity contribution in [3.8, 4) is 11.5 Å². The van der Waals surface area contributed by atoms with E-state index in [4.69, 9.17) is 9.47 Å². The van der Waals surface area contributed by atoms with E-state index in [0.29, 0.717) is 19.3 Å². The van der Waals surface area contributed by atoms with Crippen molar-refractivity contribution in [2.45, 2.75) is 38.0 Å². The minimum Gasteiger partial charge on any atom is -0.497 e. The molecule has 0 aromatic heterocycles. The van der Waals surface area contributed by atoms with E-state index in [1.54, 1.807) is 14.2 Å². The molecule has 150 valence electrons. The highest BCUT2D eigenvalue weighted by molar-refractivity contribution is 6.02. The molecule has 0 spiro atoms. The summed E-state index contributed by atoms with van der Waals surface area (Å²) in [4.78, 5) is 25.7. The number of ether oxygens (including phenoxy) is 2. The van der Waals surface area contributed by atoms with Crippen LogP contribution in [0.1, 0.15) is 47.8 Å². The summed E-state index contributed by atoms with van der Waals surface area (Å²) in [6, 6.07) is 13.7. The van der Waals surface area contributed by atoms with Gasteiger partial charge < -0.3 is 14.8 Å². The second-order valence-corrected chi connectivity index (χ2v) is 7.75. The van der Waals surface area contributed by atoms with E-state index in [1.165, 1.54) is 0 Å². The fraction of sp³-hybridized carbons (Fsp3) is 0.333. The average Bonchev–Trinajstić information content (AvgIpc) is 2.72. The van der Waals surface area contributed by atoms with Gasteiger partial charge in [-0.05, 0) is 37.1 Å². The Hall–Kier alpha value is -3.08. The van der Waals surface area contributed by atoms with Crippen molar-refractivity contribution in [3.05, 3.63) is 70.4 Å². The number of nitrogens with one attached hydrogen (secondary N) is 1. The summed E-state index contributed by atoms with van der Waals surface area (Å²) < 4.78 is 10.9. The molecule has 1 N–H and O–H groups in total.